The third-order valence-corrected chi connectivity index (χ3v) is 2.65. The molecular formula is C8H8NO5P. The molecule has 0 unspecified atom stereocenters. The predicted octanol–water partition coefficient (Wildman–Crippen LogP) is 0.799. The van der Waals surface area contributed by atoms with Crippen LogP contribution in [0.5, 0.6) is 0 Å². The van der Waals surface area contributed by atoms with E-state index in [1.165, 1.54) is 12.1 Å². The molecule has 6 nitrogen and oxygen atoms in total. The van der Waals surface area contributed by atoms with Gasteiger partial charge in [0, 0.05) is 0 Å². The summed E-state index contributed by atoms with van der Waals surface area (Å²) in [4.78, 5) is 30.8. The van der Waals surface area contributed by atoms with Crippen molar-refractivity contribution in [1.29, 1.82) is 0 Å². The number of fused-ring (bicyclic) bond motifs is 1. The number of benzene rings is 1. The lowest BCUT2D eigenvalue weighted by Gasteiger charge is -2.02. The number of hydrogen-bond donors (Lipinski definition) is 3. The van der Waals surface area contributed by atoms with Gasteiger partial charge in [-0.15, -0.1) is 0 Å². The lowest BCUT2D eigenvalue weighted by Crippen LogP contribution is -1.92. The van der Waals surface area contributed by atoms with E-state index in [1.54, 1.807) is 6.07 Å². The Hall–Kier alpha value is -1.36. The van der Waals surface area contributed by atoms with Gasteiger partial charge < -0.3 is 14.2 Å². The van der Waals surface area contributed by atoms with Crippen LogP contribution in [0.2, 0.25) is 0 Å². The molecule has 80 valence electrons. The smallest absolute Gasteiger partial charge is 0.408 e. The maximum Gasteiger partial charge on any atom is 0.417 e. The average Bonchev–Trinajstić information content (AvgIpc) is 2.40. The summed E-state index contributed by atoms with van der Waals surface area (Å²) in [5.74, 6) is -0.585. The molecule has 0 bridgehead atoms. The predicted molar refractivity (Wildman–Crippen MR) is 52.6 cm³/mol. The molecule has 0 saturated carbocycles. The first kappa shape index (κ1) is 10.2. The lowest BCUT2D eigenvalue weighted by atomic mass is 10.2. The molecule has 0 spiro atoms. The van der Waals surface area contributed by atoms with Crippen LogP contribution in [0.25, 0.3) is 11.1 Å². The first-order valence-corrected chi connectivity index (χ1v) is 5.90. The molecule has 0 radical (unpaired) electrons. The van der Waals surface area contributed by atoms with E-state index in [4.69, 9.17) is 14.2 Å². The van der Waals surface area contributed by atoms with Crippen LogP contribution in [0.1, 0.15) is 5.56 Å². The number of aromatic amines is 1. The summed E-state index contributed by atoms with van der Waals surface area (Å²) in [6.45, 7) is 0. The third-order valence-electron chi connectivity index (χ3n) is 1.87. The Morgan fingerprint density at radius 3 is 2.80 bits per heavy atom. The largest absolute Gasteiger partial charge is 0.417 e. The summed E-state index contributed by atoms with van der Waals surface area (Å²) in [5, 5.41) is 0. The summed E-state index contributed by atoms with van der Waals surface area (Å²) in [6, 6.07) is 4.52. The van der Waals surface area contributed by atoms with Gasteiger partial charge in [-0.1, -0.05) is 6.07 Å². The number of aromatic nitrogens is 1. The number of hydrogen-bond acceptors (Lipinski definition) is 3. The van der Waals surface area contributed by atoms with Gasteiger partial charge in [0.15, 0.2) is 5.58 Å². The maximum absolute atomic E-state index is 10.8. The molecule has 15 heavy (non-hydrogen) atoms. The van der Waals surface area contributed by atoms with Crippen molar-refractivity contribution in [3.8, 4) is 0 Å². The van der Waals surface area contributed by atoms with Gasteiger partial charge in [-0.2, -0.15) is 0 Å². The second-order valence-corrected chi connectivity index (χ2v) is 4.81. The monoisotopic (exact) mass is 229 g/mol. The molecule has 2 rings (SSSR count). The van der Waals surface area contributed by atoms with Gasteiger partial charge in [-0.3, -0.25) is 9.55 Å². The van der Waals surface area contributed by atoms with Crippen LogP contribution in [0.15, 0.2) is 27.4 Å². The maximum atomic E-state index is 10.8. The van der Waals surface area contributed by atoms with Crippen LogP contribution in [0.4, 0.5) is 0 Å². The Morgan fingerprint density at radius 2 is 2.13 bits per heavy atom. The fraction of sp³-hybridized carbons (Fsp3) is 0.125. The van der Waals surface area contributed by atoms with Crippen molar-refractivity contribution < 1.29 is 18.8 Å². The molecule has 3 N–H and O–H groups in total. The molecule has 0 aliphatic carbocycles. The minimum Gasteiger partial charge on any atom is -0.408 e. The van der Waals surface area contributed by atoms with E-state index in [0.717, 1.165) is 0 Å². The Kier molecular flexibility index (Phi) is 2.26. The van der Waals surface area contributed by atoms with E-state index >= 15 is 0 Å². The van der Waals surface area contributed by atoms with Crippen molar-refractivity contribution in [2.75, 3.05) is 0 Å². The van der Waals surface area contributed by atoms with Gasteiger partial charge in [-0.25, -0.2) is 4.79 Å². The van der Waals surface area contributed by atoms with Crippen molar-refractivity contribution in [2.24, 2.45) is 0 Å². The molecule has 2 aromatic rings. The standard InChI is InChI=1S/C8H8NO5P/c10-8-9-6-2-1-5(3-7(6)14-8)4-15(11,12)13/h1-3H,4H2,(H,9,10)(H2,11,12,13). The highest BCUT2D eigenvalue weighted by Crippen LogP contribution is 2.39. The fourth-order valence-corrected chi connectivity index (χ4v) is 2.00. The molecular weight excluding hydrogens is 221 g/mol. The molecule has 7 heteroatoms. The van der Waals surface area contributed by atoms with Crippen LogP contribution in [0.3, 0.4) is 0 Å². The van der Waals surface area contributed by atoms with Gasteiger partial charge in [-0.05, 0) is 17.7 Å². The highest BCUT2D eigenvalue weighted by atomic mass is 31.2. The Balaban J connectivity index is 2.47. The Bertz CT molecular complexity index is 592. The molecule has 0 aliphatic rings. The summed E-state index contributed by atoms with van der Waals surface area (Å²) < 4.78 is 15.5. The topological polar surface area (TPSA) is 104 Å². The minimum absolute atomic E-state index is 0.297. The molecule has 0 amide bonds. The van der Waals surface area contributed by atoms with E-state index in [-0.39, 0.29) is 6.16 Å². The van der Waals surface area contributed by atoms with Crippen LogP contribution < -0.4 is 5.76 Å². The average molecular weight is 229 g/mol. The Morgan fingerprint density at radius 1 is 1.40 bits per heavy atom. The van der Waals surface area contributed by atoms with E-state index in [2.05, 4.69) is 4.98 Å². The molecule has 1 heterocycles. The van der Waals surface area contributed by atoms with E-state index in [1.807, 2.05) is 0 Å². The van der Waals surface area contributed by atoms with Gasteiger partial charge in [0.25, 0.3) is 0 Å². The first-order valence-electron chi connectivity index (χ1n) is 4.10. The quantitative estimate of drug-likeness (QED) is 0.660. The zero-order valence-electron chi connectivity index (χ0n) is 7.51. The number of H-pyrrole nitrogens is 1. The fourth-order valence-electron chi connectivity index (χ4n) is 1.33. The first-order chi connectivity index (χ1) is 6.94. The summed E-state index contributed by atoms with van der Waals surface area (Å²) in [7, 11) is -4.09. The third kappa shape index (κ3) is 2.36. The SMILES string of the molecule is O=c1[nH]c2ccc(CP(=O)(O)O)cc2o1. The Labute approximate surface area is 83.7 Å². The highest BCUT2D eigenvalue weighted by molar-refractivity contribution is 7.50. The second-order valence-electron chi connectivity index (χ2n) is 3.17. The van der Waals surface area contributed by atoms with E-state index < -0.39 is 13.4 Å². The van der Waals surface area contributed by atoms with Crippen LogP contribution >= 0.6 is 7.60 Å². The van der Waals surface area contributed by atoms with E-state index in [9.17, 15) is 9.36 Å². The molecule has 0 fully saturated rings. The number of nitrogens with one attached hydrogen (secondary N) is 1. The van der Waals surface area contributed by atoms with Gasteiger partial charge in [0.2, 0.25) is 0 Å². The summed E-state index contributed by atoms with van der Waals surface area (Å²) >= 11 is 0. The number of rotatable bonds is 2. The second kappa shape index (κ2) is 3.34. The van der Waals surface area contributed by atoms with Crippen LogP contribution in [-0.2, 0) is 10.7 Å². The van der Waals surface area contributed by atoms with Crippen molar-refractivity contribution in [3.05, 3.63) is 34.3 Å². The highest BCUT2D eigenvalue weighted by Gasteiger charge is 2.14. The molecule has 0 atom stereocenters. The zero-order valence-corrected chi connectivity index (χ0v) is 8.40. The lowest BCUT2D eigenvalue weighted by molar-refractivity contribution is 0.372. The zero-order chi connectivity index (χ0) is 11.1. The van der Waals surface area contributed by atoms with Gasteiger partial charge >= 0.3 is 13.4 Å². The van der Waals surface area contributed by atoms with Crippen molar-refractivity contribution >= 4 is 18.7 Å². The van der Waals surface area contributed by atoms with Crippen molar-refractivity contribution in [1.82, 2.24) is 4.98 Å². The number of oxazole rings is 1. The molecule has 1 aromatic carbocycles. The summed E-state index contributed by atoms with van der Waals surface area (Å²) in [6.07, 6.45) is -0.363. The van der Waals surface area contributed by atoms with E-state index in [0.29, 0.717) is 16.7 Å². The van der Waals surface area contributed by atoms with Crippen molar-refractivity contribution in [2.45, 2.75) is 6.16 Å². The normalized spacial score (nSPS) is 12.1. The molecule has 0 saturated heterocycles. The summed E-state index contributed by atoms with van der Waals surface area (Å²) in [5.41, 5.74) is 1.24. The van der Waals surface area contributed by atoms with Crippen LogP contribution in [0, 0.1) is 0 Å². The molecule has 0 aliphatic heterocycles. The van der Waals surface area contributed by atoms with Gasteiger partial charge in [0.1, 0.15) is 0 Å². The molecule has 1 aromatic heterocycles. The van der Waals surface area contributed by atoms with Gasteiger partial charge in [0.05, 0.1) is 11.7 Å². The minimum atomic E-state index is -4.09. The van der Waals surface area contributed by atoms with Crippen LogP contribution in [-0.4, -0.2) is 14.8 Å². The van der Waals surface area contributed by atoms with Crippen molar-refractivity contribution in [3.63, 3.8) is 0 Å².